The second-order valence-electron chi connectivity index (χ2n) is 8.38. The normalized spacial score (nSPS) is 15.7. The zero-order valence-corrected chi connectivity index (χ0v) is 17.6. The van der Waals surface area contributed by atoms with E-state index in [-0.39, 0.29) is 24.6 Å². The van der Waals surface area contributed by atoms with Crippen molar-refractivity contribution in [1.82, 2.24) is 4.98 Å². The molecule has 1 N–H and O–H groups in total. The molecule has 1 aliphatic carbocycles. The van der Waals surface area contributed by atoms with Gasteiger partial charge < -0.3 is 14.6 Å². The Labute approximate surface area is 181 Å². The van der Waals surface area contributed by atoms with Crippen LogP contribution in [0.2, 0.25) is 0 Å². The molecule has 31 heavy (non-hydrogen) atoms. The summed E-state index contributed by atoms with van der Waals surface area (Å²) < 4.78 is 10.9. The number of carbonyl (C=O) groups is 1. The number of carbonyl (C=O) groups excluding carboxylic acids is 1. The summed E-state index contributed by atoms with van der Waals surface area (Å²) >= 11 is 0. The molecule has 5 heteroatoms. The Balaban J connectivity index is 1.30. The van der Waals surface area contributed by atoms with Gasteiger partial charge in [-0.15, -0.1) is 0 Å². The number of ketones is 1. The highest BCUT2D eigenvalue weighted by atomic mass is 16.7. The molecule has 158 valence electrons. The highest BCUT2D eigenvalue weighted by Crippen LogP contribution is 2.51. The Morgan fingerprint density at radius 2 is 1.90 bits per heavy atom. The molecule has 3 aromatic rings. The maximum atomic E-state index is 13.2. The lowest BCUT2D eigenvalue weighted by Crippen LogP contribution is -2.21. The third kappa shape index (κ3) is 3.59. The quantitative estimate of drug-likeness (QED) is 0.615. The van der Waals surface area contributed by atoms with Gasteiger partial charge in [0.2, 0.25) is 6.79 Å². The van der Waals surface area contributed by atoms with Crippen molar-refractivity contribution in [2.24, 2.45) is 0 Å². The first-order valence-corrected chi connectivity index (χ1v) is 10.7. The minimum Gasteiger partial charge on any atom is -0.454 e. The number of benzene rings is 2. The number of rotatable bonds is 7. The fraction of sp³-hybridized carbons (Fsp3) is 0.308. The number of Topliss-reactive ketones (excluding diaryl/α,β-unsaturated/α-hetero) is 1. The number of hydrogen-bond donors (Lipinski definition) is 1. The minimum absolute atomic E-state index is 0.00653. The largest absolute Gasteiger partial charge is 0.454 e. The maximum absolute atomic E-state index is 13.2. The maximum Gasteiger partial charge on any atom is 0.231 e. The lowest BCUT2D eigenvalue weighted by Gasteiger charge is -2.16. The first-order chi connectivity index (χ1) is 15.1. The summed E-state index contributed by atoms with van der Waals surface area (Å²) in [6.07, 6.45) is 4.70. The van der Waals surface area contributed by atoms with E-state index in [9.17, 15) is 9.90 Å². The van der Waals surface area contributed by atoms with Crippen LogP contribution in [0.15, 0.2) is 54.7 Å². The highest BCUT2D eigenvalue weighted by molar-refractivity contribution is 5.93. The van der Waals surface area contributed by atoms with Crippen LogP contribution in [0, 0.1) is 6.92 Å². The number of hydrogen-bond acceptors (Lipinski definition) is 5. The number of aryl methyl sites for hydroxylation is 2. The van der Waals surface area contributed by atoms with Crippen LogP contribution in [0.4, 0.5) is 0 Å². The lowest BCUT2D eigenvalue weighted by molar-refractivity contribution is -0.121. The number of aliphatic hydroxyl groups is 1. The Kier molecular flexibility index (Phi) is 4.98. The molecule has 0 saturated heterocycles. The SMILES string of the molecule is Cc1cc(-c2ccccc2CO)cnc1CCC(=O)C1(c2ccc3c(c2)OCO3)CC1. The number of ether oxygens (including phenoxy) is 2. The zero-order valence-electron chi connectivity index (χ0n) is 17.6. The van der Waals surface area contributed by atoms with Crippen LogP contribution >= 0.6 is 0 Å². The molecule has 1 aromatic heterocycles. The molecule has 2 heterocycles. The molecule has 5 nitrogen and oxygen atoms in total. The minimum atomic E-state index is -0.380. The van der Waals surface area contributed by atoms with Crippen molar-refractivity contribution in [3.63, 3.8) is 0 Å². The Morgan fingerprint density at radius 3 is 2.68 bits per heavy atom. The molecule has 0 radical (unpaired) electrons. The lowest BCUT2D eigenvalue weighted by atomic mass is 9.88. The summed E-state index contributed by atoms with van der Waals surface area (Å²) in [6.45, 7) is 2.26. The van der Waals surface area contributed by atoms with Crippen LogP contribution in [-0.2, 0) is 23.2 Å². The molecule has 0 spiro atoms. The van der Waals surface area contributed by atoms with Crippen molar-refractivity contribution in [1.29, 1.82) is 0 Å². The van der Waals surface area contributed by atoms with E-state index >= 15 is 0 Å². The van der Waals surface area contributed by atoms with E-state index in [0.29, 0.717) is 12.8 Å². The zero-order chi connectivity index (χ0) is 21.4. The molecule has 5 rings (SSSR count). The molecule has 0 atom stereocenters. The van der Waals surface area contributed by atoms with Crippen LogP contribution in [0.3, 0.4) is 0 Å². The van der Waals surface area contributed by atoms with Crippen molar-refractivity contribution < 1.29 is 19.4 Å². The number of fused-ring (bicyclic) bond motifs is 1. The van der Waals surface area contributed by atoms with Gasteiger partial charge >= 0.3 is 0 Å². The molecule has 0 bridgehead atoms. The molecular weight excluding hydrogens is 390 g/mol. The molecule has 1 saturated carbocycles. The Morgan fingerprint density at radius 1 is 1.10 bits per heavy atom. The summed E-state index contributed by atoms with van der Waals surface area (Å²) in [5.74, 6) is 1.74. The van der Waals surface area contributed by atoms with E-state index in [1.807, 2.05) is 55.6 Å². The Bertz CT molecular complexity index is 1150. The van der Waals surface area contributed by atoms with Crippen molar-refractivity contribution in [3.05, 3.63) is 77.1 Å². The molecule has 0 amide bonds. The van der Waals surface area contributed by atoms with E-state index < -0.39 is 0 Å². The molecule has 2 aliphatic rings. The van der Waals surface area contributed by atoms with Crippen LogP contribution in [0.25, 0.3) is 11.1 Å². The molecule has 0 unspecified atom stereocenters. The second kappa shape index (κ2) is 7.82. The van der Waals surface area contributed by atoms with Gasteiger partial charge in [-0.25, -0.2) is 0 Å². The summed E-state index contributed by atoms with van der Waals surface area (Å²) in [5.41, 5.74) is 5.51. The van der Waals surface area contributed by atoms with Crippen LogP contribution in [-0.4, -0.2) is 22.7 Å². The van der Waals surface area contributed by atoms with Gasteiger partial charge in [0, 0.05) is 23.9 Å². The van der Waals surface area contributed by atoms with Gasteiger partial charge in [-0.3, -0.25) is 9.78 Å². The molecule has 1 fully saturated rings. The van der Waals surface area contributed by atoms with Gasteiger partial charge in [0.25, 0.3) is 0 Å². The number of aromatic nitrogens is 1. The highest BCUT2D eigenvalue weighted by Gasteiger charge is 2.50. The second-order valence-corrected chi connectivity index (χ2v) is 8.38. The van der Waals surface area contributed by atoms with Crippen molar-refractivity contribution in [3.8, 4) is 22.6 Å². The van der Waals surface area contributed by atoms with Gasteiger partial charge in [-0.05, 0) is 66.6 Å². The average Bonchev–Trinajstić information content (AvgIpc) is 3.48. The van der Waals surface area contributed by atoms with Crippen LogP contribution in [0.1, 0.15) is 41.6 Å². The third-order valence-corrected chi connectivity index (χ3v) is 6.48. The number of aliphatic hydroxyl groups excluding tert-OH is 1. The molecular formula is C26H25NO4. The van der Waals surface area contributed by atoms with Gasteiger partial charge in [0.05, 0.1) is 12.0 Å². The van der Waals surface area contributed by atoms with E-state index in [1.54, 1.807) is 0 Å². The fourth-order valence-electron chi connectivity index (χ4n) is 4.47. The number of nitrogens with zero attached hydrogens (tertiary/aromatic N) is 1. The fourth-order valence-corrected chi connectivity index (χ4v) is 4.47. The Hall–Kier alpha value is -3.18. The van der Waals surface area contributed by atoms with Crippen LogP contribution < -0.4 is 9.47 Å². The molecule has 1 aliphatic heterocycles. The van der Waals surface area contributed by atoms with Gasteiger partial charge in [-0.1, -0.05) is 30.3 Å². The van der Waals surface area contributed by atoms with Gasteiger partial charge in [-0.2, -0.15) is 0 Å². The summed E-state index contributed by atoms with van der Waals surface area (Å²) in [6, 6.07) is 15.7. The summed E-state index contributed by atoms with van der Waals surface area (Å²) in [4.78, 5) is 17.8. The first kappa shape index (κ1) is 19.8. The summed E-state index contributed by atoms with van der Waals surface area (Å²) in [7, 11) is 0. The third-order valence-electron chi connectivity index (χ3n) is 6.48. The van der Waals surface area contributed by atoms with E-state index in [0.717, 1.165) is 57.9 Å². The molecule has 2 aromatic carbocycles. The van der Waals surface area contributed by atoms with E-state index in [4.69, 9.17) is 9.47 Å². The van der Waals surface area contributed by atoms with Crippen molar-refractivity contribution >= 4 is 5.78 Å². The smallest absolute Gasteiger partial charge is 0.231 e. The predicted molar refractivity (Wildman–Crippen MR) is 117 cm³/mol. The van der Waals surface area contributed by atoms with Gasteiger partial charge in [0.1, 0.15) is 5.78 Å². The predicted octanol–water partition coefficient (Wildman–Crippen LogP) is 4.51. The van der Waals surface area contributed by atoms with E-state index in [1.165, 1.54) is 0 Å². The van der Waals surface area contributed by atoms with Gasteiger partial charge in [0.15, 0.2) is 11.5 Å². The van der Waals surface area contributed by atoms with E-state index in [2.05, 4.69) is 11.1 Å². The number of pyridine rings is 1. The standard InChI is InChI=1S/C26H25NO4/c1-17-12-19(21-5-3-2-4-18(21)15-28)14-27-22(17)7-9-25(29)26(10-11-26)20-6-8-23-24(13-20)31-16-30-23/h2-6,8,12-14,28H,7,9-11,15-16H2,1H3. The first-order valence-electron chi connectivity index (χ1n) is 10.7. The average molecular weight is 415 g/mol. The topological polar surface area (TPSA) is 68.7 Å². The monoisotopic (exact) mass is 415 g/mol. The van der Waals surface area contributed by atoms with Crippen molar-refractivity contribution in [2.75, 3.05) is 6.79 Å². The van der Waals surface area contributed by atoms with Crippen LogP contribution in [0.5, 0.6) is 11.5 Å². The van der Waals surface area contributed by atoms with Crippen molar-refractivity contribution in [2.45, 2.75) is 44.6 Å². The summed E-state index contributed by atoms with van der Waals surface area (Å²) in [5, 5.41) is 9.60.